The predicted octanol–water partition coefficient (Wildman–Crippen LogP) is 7.19. The highest BCUT2D eigenvalue weighted by Gasteiger charge is 2.15. The monoisotopic (exact) mass is 496 g/mol. The maximum Gasteiger partial charge on any atom is 0.266 e. The van der Waals surface area contributed by atoms with E-state index in [4.69, 9.17) is 21.1 Å². The first-order chi connectivity index (χ1) is 17.5. The van der Waals surface area contributed by atoms with Crippen molar-refractivity contribution in [1.29, 1.82) is 5.26 Å². The molecule has 4 aromatic carbocycles. The van der Waals surface area contributed by atoms with Crippen molar-refractivity contribution in [2.24, 2.45) is 0 Å². The van der Waals surface area contributed by atoms with Crippen LogP contribution in [0.15, 0.2) is 84.4 Å². The van der Waals surface area contributed by atoms with E-state index in [1.807, 2.05) is 60.7 Å². The molecule has 4 aromatic rings. The summed E-state index contributed by atoms with van der Waals surface area (Å²) >= 11 is 6.54. The third kappa shape index (κ3) is 5.68. The van der Waals surface area contributed by atoms with E-state index in [0.29, 0.717) is 34.4 Å². The lowest BCUT2D eigenvalue weighted by molar-refractivity contribution is -0.112. The Morgan fingerprint density at radius 2 is 1.81 bits per heavy atom. The molecule has 0 saturated heterocycles. The average Bonchev–Trinajstić information content (AvgIpc) is 2.91. The van der Waals surface area contributed by atoms with Crippen LogP contribution >= 0.6 is 11.6 Å². The van der Waals surface area contributed by atoms with Crippen LogP contribution < -0.4 is 14.8 Å². The average molecular weight is 497 g/mol. The number of ether oxygens (including phenoxy) is 2. The summed E-state index contributed by atoms with van der Waals surface area (Å²) in [7, 11) is 1.52. The van der Waals surface area contributed by atoms with Crippen molar-refractivity contribution < 1.29 is 14.3 Å². The van der Waals surface area contributed by atoms with Gasteiger partial charge < -0.3 is 14.8 Å². The van der Waals surface area contributed by atoms with Gasteiger partial charge in [-0.05, 0) is 64.2 Å². The number of carbonyl (C=O) groups excluding carboxylic acids is 1. The van der Waals surface area contributed by atoms with Gasteiger partial charge in [0.1, 0.15) is 18.2 Å². The van der Waals surface area contributed by atoms with Gasteiger partial charge in [0.25, 0.3) is 5.91 Å². The van der Waals surface area contributed by atoms with E-state index in [-0.39, 0.29) is 5.57 Å². The third-order valence-corrected chi connectivity index (χ3v) is 6.08. The molecular formula is C30H25ClN2O3. The number of aryl methyl sites for hydroxylation is 1. The van der Waals surface area contributed by atoms with Gasteiger partial charge in [-0.15, -0.1) is 0 Å². The van der Waals surface area contributed by atoms with E-state index in [9.17, 15) is 10.1 Å². The quantitative estimate of drug-likeness (QED) is 0.207. The number of methoxy groups -OCH3 is 1. The first-order valence-electron chi connectivity index (χ1n) is 11.5. The Balaban J connectivity index is 1.55. The van der Waals surface area contributed by atoms with E-state index in [2.05, 4.69) is 24.4 Å². The summed E-state index contributed by atoms with van der Waals surface area (Å²) in [5.74, 6) is 0.290. The molecule has 0 spiro atoms. The number of nitrogens with zero attached hydrogens (tertiary/aromatic N) is 1. The van der Waals surface area contributed by atoms with Crippen molar-refractivity contribution in [3.8, 4) is 17.6 Å². The van der Waals surface area contributed by atoms with Crippen molar-refractivity contribution >= 4 is 40.0 Å². The summed E-state index contributed by atoms with van der Waals surface area (Å²) in [6.45, 7) is 2.36. The molecule has 0 saturated carbocycles. The lowest BCUT2D eigenvalue weighted by Crippen LogP contribution is -2.13. The number of hydrogen-bond acceptors (Lipinski definition) is 4. The molecule has 0 fully saturated rings. The maximum absolute atomic E-state index is 12.7. The van der Waals surface area contributed by atoms with Crippen LogP contribution in [0.5, 0.6) is 11.5 Å². The summed E-state index contributed by atoms with van der Waals surface area (Å²) in [5.41, 5.74) is 3.28. The Labute approximate surface area is 215 Å². The molecule has 0 aliphatic rings. The van der Waals surface area contributed by atoms with Gasteiger partial charge in [-0.1, -0.05) is 73.1 Å². The van der Waals surface area contributed by atoms with E-state index in [0.717, 1.165) is 28.3 Å². The van der Waals surface area contributed by atoms with Crippen LogP contribution in [0, 0.1) is 11.3 Å². The Hall–Kier alpha value is -4.27. The zero-order valence-electron chi connectivity index (χ0n) is 20.0. The van der Waals surface area contributed by atoms with Gasteiger partial charge in [0.2, 0.25) is 0 Å². The molecule has 4 rings (SSSR count). The van der Waals surface area contributed by atoms with Crippen molar-refractivity contribution in [2.45, 2.75) is 20.0 Å². The first-order valence-corrected chi connectivity index (χ1v) is 11.9. The van der Waals surface area contributed by atoms with Crippen LogP contribution in [0.2, 0.25) is 5.02 Å². The molecular weight excluding hydrogens is 472 g/mol. The fourth-order valence-electron chi connectivity index (χ4n) is 3.87. The Morgan fingerprint density at radius 3 is 2.53 bits per heavy atom. The van der Waals surface area contributed by atoms with Gasteiger partial charge in [-0.25, -0.2) is 0 Å². The highest BCUT2D eigenvalue weighted by Crippen LogP contribution is 2.38. The molecule has 0 aliphatic carbocycles. The van der Waals surface area contributed by atoms with Crippen molar-refractivity contribution in [3.05, 3.63) is 106 Å². The molecule has 36 heavy (non-hydrogen) atoms. The SMILES string of the molecule is CCc1ccc(NC(=O)/C(C#N)=C\c2cc(Cl)c(OCc3cccc4ccccc34)c(OC)c2)cc1. The summed E-state index contributed by atoms with van der Waals surface area (Å²) in [5, 5.41) is 14.9. The molecule has 180 valence electrons. The number of rotatable bonds is 8. The minimum atomic E-state index is -0.506. The van der Waals surface area contributed by atoms with Crippen molar-refractivity contribution in [1.82, 2.24) is 0 Å². The molecule has 0 heterocycles. The van der Waals surface area contributed by atoms with Gasteiger partial charge >= 0.3 is 0 Å². The number of amides is 1. The fourth-order valence-corrected chi connectivity index (χ4v) is 4.14. The highest BCUT2D eigenvalue weighted by atomic mass is 35.5. The largest absolute Gasteiger partial charge is 0.493 e. The number of benzene rings is 4. The number of carbonyl (C=O) groups is 1. The van der Waals surface area contributed by atoms with Crippen LogP contribution in [-0.2, 0) is 17.8 Å². The number of hydrogen-bond donors (Lipinski definition) is 1. The number of nitrogens with one attached hydrogen (secondary N) is 1. The highest BCUT2D eigenvalue weighted by molar-refractivity contribution is 6.32. The molecule has 0 unspecified atom stereocenters. The van der Waals surface area contributed by atoms with Gasteiger partial charge in [-0.2, -0.15) is 5.26 Å². The molecule has 5 nitrogen and oxygen atoms in total. The minimum Gasteiger partial charge on any atom is -0.493 e. The van der Waals surface area contributed by atoms with Gasteiger partial charge in [0, 0.05) is 5.69 Å². The second-order valence-corrected chi connectivity index (χ2v) is 8.54. The molecule has 0 bridgehead atoms. The third-order valence-electron chi connectivity index (χ3n) is 5.80. The molecule has 1 amide bonds. The maximum atomic E-state index is 12.7. The van der Waals surface area contributed by atoms with E-state index < -0.39 is 5.91 Å². The van der Waals surface area contributed by atoms with Crippen LogP contribution in [0.4, 0.5) is 5.69 Å². The summed E-state index contributed by atoms with van der Waals surface area (Å²) < 4.78 is 11.6. The second-order valence-electron chi connectivity index (χ2n) is 8.14. The van der Waals surface area contributed by atoms with E-state index in [1.165, 1.54) is 13.2 Å². The van der Waals surface area contributed by atoms with Crippen LogP contribution in [0.3, 0.4) is 0 Å². The zero-order valence-corrected chi connectivity index (χ0v) is 20.8. The van der Waals surface area contributed by atoms with Gasteiger partial charge in [0.05, 0.1) is 12.1 Å². The first kappa shape index (κ1) is 24.8. The van der Waals surface area contributed by atoms with Crippen LogP contribution in [0.25, 0.3) is 16.8 Å². The zero-order chi connectivity index (χ0) is 25.5. The minimum absolute atomic E-state index is 0.0582. The van der Waals surface area contributed by atoms with Crippen molar-refractivity contribution in [2.75, 3.05) is 12.4 Å². The smallest absolute Gasteiger partial charge is 0.266 e. The van der Waals surface area contributed by atoms with E-state index >= 15 is 0 Å². The summed E-state index contributed by atoms with van der Waals surface area (Å²) in [6, 6.07) is 26.9. The summed E-state index contributed by atoms with van der Waals surface area (Å²) in [4.78, 5) is 12.7. The lowest BCUT2D eigenvalue weighted by Gasteiger charge is -2.14. The molecule has 1 N–H and O–H groups in total. The number of halogens is 1. The molecule has 0 radical (unpaired) electrons. The molecule has 0 aliphatic heterocycles. The van der Waals surface area contributed by atoms with Gasteiger partial charge in [0.15, 0.2) is 11.5 Å². The topological polar surface area (TPSA) is 71.4 Å². The van der Waals surface area contributed by atoms with Gasteiger partial charge in [-0.3, -0.25) is 4.79 Å². The second kappa shape index (κ2) is 11.4. The summed E-state index contributed by atoms with van der Waals surface area (Å²) in [6.07, 6.45) is 2.38. The Bertz CT molecular complexity index is 1470. The Kier molecular flexibility index (Phi) is 7.89. The van der Waals surface area contributed by atoms with E-state index in [1.54, 1.807) is 12.1 Å². The Morgan fingerprint density at radius 1 is 1.06 bits per heavy atom. The predicted molar refractivity (Wildman–Crippen MR) is 144 cm³/mol. The number of nitriles is 1. The standard InChI is InChI=1S/C30H25ClN2O3/c1-3-20-11-13-25(14-12-20)33-30(34)24(18-32)15-21-16-27(31)29(28(17-21)35-2)36-19-23-9-6-8-22-7-4-5-10-26(22)23/h4-17H,3,19H2,1-2H3,(H,33,34)/b24-15-. The van der Waals surface area contributed by atoms with Crippen LogP contribution in [-0.4, -0.2) is 13.0 Å². The van der Waals surface area contributed by atoms with Crippen molar-refractivity contribution in [3.63, 3.8) is 0 Å². The fraction of sp³-hybridized carbons (Fsp3) is 0.133. The lowest BCUT2D eigenvalue weighted by atomic mass is 10.1. The normalized spacial score (nSPS) is 11.1. The number of fused-ring (bicyclic) bond motifs is 1. The van der Waals surface area contributed by atoms with Crippen LogP contribution in [0.1, 0.15) is 23.6 Å². The number of anilines is 1. The molecule has 0 atom stereocenters. The molecule has 0 aromatic heterocycles. The molecule has 6 heteroatoms.